The van der Waals surface area contributed by atoms with E-state index >= 15 is 0 Å². The molecule has 2 aliphatic rings. The molecule has 2 atom stereocenters. The maximum absolute atomic E-state index is 11.9. The van der Waals surface area contributed by atoms with E-state index in [4.69, 9.17) is 4.74 Å². The first-order valence-electron chi connectivity index (χ1n) is 4.08. The van der Waals surface area contributed by atoms with Crippen molar-refractivity contribution in [2.75, 3.05) is 0 Å². The van der Waals surface area contributed by atoms with E-state index in [2.05, 4.69) is 50.5 Å². The minimum Gasteiger partial charge on any atom is -0.435 e. The zero-order valence-electron chi connectivity index (χ0n) is 7.04. The molecule has 7 heteroatoms. The number of ether oxygens (including phenoxy) is 1. The molecule has 15 heavy (non-hydrogen) atoms. The second kappa shape index (κ2) is 3.29. The third-order valence-corrected chi connectivity index (χ3v) is 5.71. The Kier molecular flexibility index (Phi) is 2.26. The van der Waals surface area contributed by atoms with E-state index in [1.165, 1.54) is 0 Å². The van der Waals surface area contributed by atoms with Crippen LogP contribution in [0.15, 0.2) is 0 Å². The lowest BCUT2D eigenvalue weighted by Gasteiger charge is -2.04. The van der Waals surface area contributed by atoms with Crippen molar-refractivity contribution in [3.8, 4) is 0 Å². The molecule has 0 bridgehead atoms. The van der Waals surface area contributed by atoms with Crippen LogP contribution in [-0.4, -0.2) is 18.0 Å². The van der Waals surface area contributed by atoms with E-state index in [1.54, 1.807) is 11.3 Å². The molecule has 1 aromatic heterocycles. The molecule has 1 fully saturated rings. The fourth-order valence-corrected chi connectivity index (χ4v) is 6.44. The van der Waals surface area contributed by atoms with E-state index in [-0.39, 0.29) is 11.8 Å². The number of carbonyl (C=O) groups excluding carboxylic acids is 2. The number of carbonyl (C=O) groups is 2. The molecule has 78 valence electrons. The van der Waals surface area contributed by atoms with Gasteiger partial charge in [-0.1, -0.05) is 0 Å². The van der Waals surface area contributed by atoms with Crippen LogP contribution in [0.1, 0.15) is 22.0 Å². The predicted molar refractivity (Wildman–Crippen MR) is 70.2 cm³/mol. The van der Waals surface area contributed by atoms with Crippen molar-refractivity contribution in [2.24, 2.45) is 0 Å². The number of nitrogens with one attached hydrogen (secondary N) is 1. The molecule has 0 aromatic carbocycles. The van der Waals surface area contributed by atoms with Crippen LogP contribution in [0.4, 0.5) is 4.79 Å². The van der Waals surface area contributed by atoms with Gasteiger partial charge in [0.25, 0.3) is 0 Å². The summed E-state index contributed by atoms with van der Waals surface area (Å²) in [6.07, 6.45) is -1.14. The number of alkyl carbamates (subject to hydrolysis) is 1. The highest BCUT2D eigenvalue weighted by Crippen LogP contribution is 2.45. The highest BCUT2D eigenvalue weighted by Gasteiger charge is 2.50. The number of halogens is 2. The minimum atomic E-state index is -0.641. The second-order valence-corrected chi connectivity index (χ2v) is 7.89. The molecule has 1 N–H and O–H groups in total. The summed E-state index contributed by atoms with van der Waals surface area (Å²) in [5.74, 6) is -0.0723. The molecular formula is C8H3I2NO3S. The zero-order chi connectivity index (χ0) is 10.7. The Balaban J connectivity index is 2.21. The Bertz CT molecular complexity index is 498. The van der Waals surface area contributed by atoms with Gasteiger partial charge < -0.3 is 10.1 Å². The van der Waals surface area contributed by atoms with Gasteiger partial charge in [-0.05, 0) is 45.2 Å². The summed E-state index contributed by atoms with van der Waals surface area (Å²) in [7, 11) is 0. The molecule has 1 aliphatic carbocycles. The molecule has 1 aliphatic heterocycles. The van der Waals surface area contributed by atoms with E-state index in [1.807, 2.05) is 0 Å². The number of hydrogen-bond acceptors (Lipinski definition) is 4. The number of rotatable bonds is 0. The lowest BCUT2D eigenvalue weighted by Crippen LogP contribution is -2.21. The zero-order valence-corrected chi connectivity index (χ0v) is 12.2. The molecule has 1 amide bonds. The smallest absolute Gasteiger partial charge is 0.408 e. The van der Waals surface area contributed by atoms with Crippen LogP contribution in [0.3, 0.4) is 0 Å². The summed E-state index contributed by atoms with van der Waals surface area (Å²) in [5, 5.41) is 2.67. The molecule has 2 heterocycles. The highest BCUT2D eigenvalue weighted by atomic mass is 127. The molecule has 0 unspecified atom stereocenters. The van der Waals surface area contributed by atoms with Crippen molar-refractivity contribution in [3.63, 3.8) is 0 Å². The van der Waals surface area contributed by atoms with Gasteiger partial charge in [0, 0.05) is 5.56 Å². The van der Waals surface area contributed by atoms with Gasteiger partial charge in [0.05, 0.1) is 11.3 Å². The topological polar surface area (TPSA) is 55.4 Å². The van der Waals surface area contributed by atoms with Crippen molar-refractivity contribution in [2.45, 2.75) is 12.1 Å². The molecule has 0 radical (unpaired) electrons. The first-order chi connectivity index (χ1) is 7.09. The summed E-state index contributed by atoms with van der Waals surface area (Å²) >= 11 is 5.92. The SMILES string of the molecule is O=C1N[C@@H]2c3c(I)sc(I)c3C(=O)[C@H]2O1. The van der Waals surface area contributed by atoms with Gasteiger partial charge in [-0.25, -0.2) is 4.79 Å². The van der Waals surface area contributed by atoms with E-state index < -0.39 is 12.2 Å². The molecule has 4 nitrogen and oxygen atoms in total. The Morgan fingerprint density at radius 2 is 2.00 bits per heavy atom. The summed E-state index contributed by atoms with van der Waals surface area (Å²) in [4.78, 5) is 23.0. The van der Waals surface area contributed by atoms with E-state index in [0.29, 0.717) is 0 Å². The molecule has 0 spiro atoms. The number of ketones is 1. The van der Waals surface area contributed by atoms with Gasteiger partial charge in [0.15, 0.2) is 6.10 Å². The van der Waals surface area contributed by atoms with Gasteiger partial charge in [-0.15, -0.1) is 11.3 Å². The largest absolute Gasteiger partial charge is 0.435 e. The number of thiophene rings is 1. The lowest BCUT2D eigenvalue weighted by atomic mass is 10.2. The Morgan fingerprint density at radius 1 is 1.27 bits per heavy atom. The van der Waals surface area contributed by atoms with Crippen LogP contribution in [0.2, 0.25) is 0 Å². The number of fused-ring (bicyclic) bond motifs is 3. The van der Waals surface area contributed by atoms with Gasteiger partial charge >= 0.3 is 6.09 Å². The number of amides is 1. The Morgan fingerprint density at radius 3 is 2.73 bits per heavy atom. The standard InChI is InChI=1S/C8H3I2NO3S/c9-6-1-2(7(10)15-6)4(12)5-3(1)11-8(13)14-5/h3,5H,(H,11,13)/t3-,5+/m1/s1. The average Bonchev–Trinajstić information content (AvgIpc) is 2.71. The van der Waals surface area contributed by atoms with Crippen LogP contribution in [0.25, 0.3) is 0 Å². The maximum atomic E-state index is 11.9. The summed E-state index contributed by atoms with van der Waals surface area (Å²) in [6.45, 7) is 0. The van der Waals surface area contributed by atoms with Gasteiger partial charge in [0.1, 0.15) is 6.04 Å². The first kappa shape index (κ1) is 10.3. The van der Waals surface area contributed by atoms with Crippen LogP contribution < -0.4 is 5.32 Å². The van der Waals surface area contributed by atoms with Crippen LogP contribution in [0.5, 0.6) is 0 Å². The monoisotopic (exact) mass is 447 g/mol. The van der Waals surface area contributed by atoms with Crippen molar-refractivity contribution in [1.82, 2.24) is 5.32 Å². The normalized spacial score (nSPS) is 27.3. The number of Topliss-reactive ketones (excluding diaryl/α,β-unsaturated/α-hetero) is 1. The fourth-order valence-electron chi connectivity index (χ4n) is 1.89. The fraction of sp³-hybridized carbons (Fsp3) is 0.250. The summed E-state index contributed by atoms with van der Waals surface area (Å²) < 4.78 is 6.98. The average molecular weight is 447 g/mol. The second-order valence-electron chi connectivity index (χ2n) is 3.25. The third kappa shape index (κ3) is 1.28. The van der Waals surface area contributed by atoms with Gasteiger partial charge in [-0.3, -0.25) is 4.79 Å². The van der Waals surface area contributed by atoms with E-state index in [0.717, 1.165) is 16.9 Å². The highest BCUT2D eigenvalue weighted by molar-refractivity contribution is 14.1. The summed E-state index contributed by atoms with van der Waals surface area (Å²) in [6, 6.07) is -0.272. The molecular weight excluding hydrogens is 444 g/mol. The van der Waals surface area contributed by atoms with Crippen molar-refractivity contribution < 1.29 is 14.3 Å². The van der Waals surface area contributed by atoms with Crippen LogP contribution in [0, 0.1) is 5.77 Å². The van der Waals surface area contributed by atoms with Gasteiger partial charge in [0.2, 0.25) is 5.78 Å². The van der Waals surface area contributed by atoms with Crippen molar-refractivity contribution >= 4 is 68.4 Å². The van der Waals surface area contributed by atoms with Crippen molar-refractivity contribution in [1.29, 1.82) is 0 Å². The Hall–Kier alpha value is 0.1000. The first-order valence-corrected chi connectivity index (χ1v) is 7.06. The molecule has 3 rings (SSSR count). The Labute approximate surface area is 116 Å². The molecule has 1 aromatic rings. The van der Waals surface area contributed by atoms with Crippen molar-refractivity contribution in [3.05, 3.63) is 16.9 Å². The quantitative estimate of drug-likeness (QED) is 0.622. The molecule has 0 saturated carbocycles. The van der Waals surface area contributed by atoms with Crippen LogP contribution in [-0.2, 0) is 4.74 Å². The lowest BCUT2D eigenvalue weighted by molar-refractivity contribution is 0.0752. The minimum absolute atomic E-state index is 0.0723. The van der Waals surface area contributed by atoms with E-state index in [9.17, 15) is 9.59 Å². The molecule has 1 saturated heterocycles. The van der Waals surface area contributed by atoms with Crippen LogP contribution >= 0.6 is 56.5 Å². The summed E-state index contributed by atoms with van der Waals surface area (Å²) in [5.41, 5.74) is 1.67. The maximum Gasteiger partial charge on any atom is 0.408 e. The number of hydrogen-bond donors (Lipinski definition) is 1. The predicted octanol–water partition coefficient (Wildman–Crippen LogP) is 2.30. The third-order valence-electron chi connectivity index (χ3n) is 2.48. The van der Waals surface area contributed by atoms with Gasteiger partial charge in [-0.2, -0.15) is 0 Å².